The van der Waals surface area contributed by atoms with Gasteiger partial charge in [-0.05, 0) is 11.4 Å². The van der Waals surface area contributed by atoms with Crippen LogP contribution >= 0.6 is 11.3 Å². The molecule has 3 aromatic heterocycles. The Kier molecular flexibility index (Phi) is 3.55. The fourth-order valence-corrected chi connectivity index (χ4v) is 3.08. The lowest BCUT2D eigenvalue weighted by Crippen LogP contribution is -2.27. The molecule has 0 aliphatic carbocycles. The van der Waals surface area contributed by atoms with Crippen molar-refractivity contribution < 1.29 is 0 Å². The van der Waals surface area contributed by atoms with Crippen molar-refractivity contribution in [3.05, 3.63) is 41.0 Å². The van der Waals surface area contributed by atoms with Gasteiger partial charge in [0.1, 0.15) is 5.82 Å². The molecular weight excluding hydrogens is 282 g/mol. The van der Waals surface area contributed by atoms with E-state index in [2.05, 4.69) is 52.0 Å². The standard InChI is InChI=1S/C15H19N5S/c1-15(2,11-5-4-8-21-11)10-18-13-14-17-6-7-20(14)9-12(16-3)19-13/h4-9,16H,10H2,1-3H3,(H,18,19). The van der Waals surface area contributed by atoms with Gasteiger partial charge in [-0.15, -0.1) is 11.3 Å². The predicted octanol–water partition coefficient (Wildman–Crippen LogP) is 3.22. The van der Waals surface area contributed by atoms with E-state index >= 15 is 0 Å². The van der Waals surface area contributed by atoms with Gasteiger partial charge in [-0.1, -0.05) is 19.9 Å². The Morgan fingerprint density at radius 1 is 1.38 bits per heavy atom. The van der Waals surface area contributed by atoms with Crippen molar-refractivity contribution in [3.8, 4) is 0 Å². The zero-order chi connectivity index (χ0) is 14.9. The molecule has 5 nitrogen and oxygen atoms in total. The maximum atomic E-state index is 4.57. The Bertz CT molecular complexity index is 730. The first-order valence-electron chi connectivity index (χ1n) is 6.89. The lowest BCUT2D eigenvalue weighted by atomic mass is 9.91. The third kappa shape index (κ3) is 2.71. The normalized spacial score (nSPS) is 11.8. The van der Waals surface area contributed by atoms with Gasteiger partial charge in [0.15, 0.2) is 11.5 Å². The van der Waals surface area contributed by atoms with Crippen molar-refractivity contribution in [1.29, 1.82) is 0 Å². The average Bonchev–Trinajstić information content (AvgIpc) is 3.15. The molecule has 0 radical (unpaired) electrons. The summed E-state index contributed by atoms with van der Waals surface area (Å²) >= 11 is 1.78. The lowest BCUT2D eigenvalue weighted by molar-refractivity contribution is 0.568. The molecule has 0 aromatic carbocycles. The van der Waals surface area contributed by atoms with Crippen LogP contribution in [0.25, 0.3) is 5.65 Å². The average molecular weight is 301 g/mol. The minimum atomic E-state index is 0.0507. The van der Waals surface area contributed by atoms with E-state index in [1.807, 2.05) is 23.8 Å². The molecular formula is C15H19N5S. The quantitative estimate of drug-likeness (QED) is 0.760. The number of rotatable bonds is 5. The molecule has 0 aliphatic rings. The van der Waals surface area contributed by atoms with Crippen LogP contribution in [-0.4, -0.2) is 28.0 Å². The Labute approximate surface area is 128 Å². The second-order valence-corrected chi connectivity index (χ2v) is 6.55. The number of thiophene rings is 1. The topological polar surface area (TPSA) is 54.2 Å². The van der Waals surface area contributed by atoms with Gasteiger partial charge in [-0.25, -0.2) is 9.97 Å². The number of fused-ring (bicyclic) bond motifs is 1. The number of anilines is 2. The van der Waals surface area contributed by atoms with Crippen molar-refractivity contribution in [2.24, 2.45) is 0 Å². The van der Waals surface area contributed by atoms with Crippen LogP contribution in [-0.2, 0) is 5.41 Å². The molecule has 0 spiro atoms. The Morgan fingerprint density at radius 2 is 2.24 bits per heavy atom. The van der Waals surface area contributed by atoms with Crippen molar-refractivity contribution in [2.75, 3.05) is 24.2 Å². The van der Waals surface area contributed by atoms with Gasteiger partial charge in [0.2, 0.25) is 0 Å². The minimum absolute atomic E-state index is 0.0507. The Balaban J connectivity index is 1.86. The van der Waals surface area contributed by atoms with E-state index in [1.54, 1.807) is 17.5 Å². The van der Waals surface area contributed by atoms with E-state index in [9.17, 15) is 0 Å². The first-order valence-corrected chi connectivity index (χ1v) is 7.77. The first kappa shape index (κ1) is 13.9. The second-order valence-electron chi connectivity index (χ2n) is 5.60. The molecule has 0 saturated heterocycles. The fourth-order valence-electron chi connectivity index (χ4n) is 2.23. The molecule has 0 saturated carbocycles. The molecule has 110 valence electrons. The van der Waals surface area contributed by atoms with Gasteiger partial charge in [0.25, 0.3) is 0 Å². The molecule has 21 heavy (non-hydrogen) atoms. The summed E-state index contributed by atoms with van der Waals surface area (Å²) in [4.78, 5) is 10.3. The summed E-state index contributed by atoms with van der Waals surface area (Å²) in [6.45, 7) is 5.27. The summed E-state index contributed by atoms with van der Waals surface area (Å²) in [5.74, 6) is 1.62. The Hall–Kier alpha value is -2.08. The van der Waals surface area contributed by atoms with E-state index < -0.39 is 0 Å². The predicted molar refractivity (Wildman–Crippen MR) is 88.4 cm³/mol. The van der Waals surface area contributed by atoms with Crippen LogP contribution in [0.15, 0.2) is 36.1 Å². The van der Waals surface area contributed by atoms with Crippen molar-refractivity contribution in [2.45, 2.75) is 19.3 Å². The zero-order valence-electron chi connectivity index (χ0n) is 12.4. The highest BCUT2D eigenvalue weighted by Crippen LogP contribution is 2.28. The zero-order valence-corrected chi connectivity index (χ0v) is 13.2. The van der Waals surface area contributed by atoms with E-state index in [4.69, 9.17) is 0 Å². The Morgan fingerprint density at radius 3 is 2.95 bits per heavy atom. The van der Waals surface area contributed by atoms with E-state index in [1.165, 1.54) is 4.88 Å². The molecule has 0 fully saturated rings. The van der Waals surface area contributed by atoms with Gasteiger partial charge >= 0.3 is 0 Å². The minimum Gasteiger partial charge on any atom is -0.372 e. The van der Waals surface area contributed by atoms with Gasteiger partial charge < -0.3 is 15.0 Å². The largest absolute Gasteiger partial charge is 0.372 e. The molecule has 2 N–H and O–H groups in total. The molecule has 6 heteroatoms. The molecule has 0 amide bonds. The molecule has 0 aliphatic heterocycles. The van der Waals surface area contributed by atoms with Gasteiger partial charge in [-0.2, -0.15) is 0 Å². The maximum absolute atomic E-state index is 4.57. The number of nitrogens with one attached hydrogen (secondary N) is 2. The molecule has 3 aromatic rings. The van der Waals surface area contributed by atoms with Crippen molar-refractivity contribution in [3.63, 3.8) is 0 Å². The first-order chi connectivity index (χ1) is 10.1. The highest BCUT2D eigenvalue weighted by molar-refractivity contribution is 7.10. The fraction of sp³-hybridized carbons (Fsp3) is 0.333. The number of hydrogen-bond donors (Lipinski definition) is 2. The van der Waals surface area contributed by atoms with Crippen LogP contribution in [0.4, 0.5) is 11.6 Å². The summed E-state index contributed by atoms with van der Waals surface area (Å²) in [5.41, 5.74) is 0.894. The highest BCUT2D eigenvalue weighted by Gasteiger charge is 2.22. The smallest absolute Gasteiger partial charge is 0.180 e. The van der Waals surface area contributed by atoms with E-state index in [0.717, 1.165) is 23.8 Å². The van der Waals surface area contributed by atoms with Crippen LogP contribution < -0.4 is 10.6 Å². The van der Waals surface area contributed by atoms with Crippen LogP contribution in [0.2, 0.25) is 0 Å². The van der Waals surface area contributed by atoms with Gasteiger partial charge in [0.05, 0.1) is 6.20 Å². The van der Waals surface area contributed by atoms with Crippen molar-refractivity contribution in [1.82, 2.24) is 14.4 Å². The molecule has 3 rings (SSSR count). The third-order valence-electron chi connectivity index (χ3n) is 3.52. The van der Waals surface area contributed by atoms with Gasteiger partial charge in [-0.3, -0.25) is 0 Å². The van der Waals surface area contributed by atoms with E-state index in [0.29, 0.717) is 0 Å². The summed E-state index contributed by atoms with van der Waals surface area (Å²) in [5, 5.41) is 8.64. The monoisotopic (exact) mass is 301 g/mol. The second kappa shape index (κ2) is 5.37. The summed E-state index contributed by atoms with van der Waals surface area (Å²) in [7, 11) is 1.87. The summed E-state index contributed by atoms with van der Waals surface area (Å²) < 4.78 is 1.97. The lowest BCUT2D eigenvalue weighted by Gasteiger charge is -2.24. The summed E-state index contributed by atoms with van der Waals surface area (Å²) in [6.07, 6.45) is 5.64. The van der Waals surface area contributed by atoms with Crippen LogP contribution in [0.5, 0.6) is 0 Å². The van der Waals surface area contributed by atoms with E-state index in [-0.39, 0.29) is 5.41 Å². The molecule has 3 heterocycles. The molecule has 0 unspecified atom stereocenters. The number of imidazole rings is 1. The number of nitrogens with zero attached hydrogens (tertiary/aromatic N) is 3. The number of aromatic nitrogens is 3. The number of hydrogen-bond acceptors (Lipinski definition) is 5. The summed E-state index contributed by atoms with van der Waals surface area (Å²) in [6, 6.07) is 4.27. The molecule has 0 atom stereocenters. The van der Waals surface area contributed by atoms with Crippen LogP contribution in [0, 0.1) is 0 Å². The SMILES string of the molecule is CNc1cn2ccnc2c(NCC(C)(C)c2cccs2)n1. The van der Waals surface area contributed by atoms with Crippen LogP contribution in [0.1, 0.15) is 18.7 Å². The maximum Gasteiger partial charge on any atom is 0.180 e. The molecule has 0 bridgehead atoms. The van der Waals surface area contributed by atoms with Crippen molar-refractivity contribution >= 4 is 28.6 Å². The third-order valence-corrected chi connectivity index (χ3v) is 4.75. The van der Waals surface area contributed by atoms with Gasteiger partial charge in [0, 0.05) is 36.3 Å². The highest BCUT2D eigenvalue weighted by atomic mass is 32.1. The van der Waals surface area contributed by atoms with Crippen LogP contribution in [0.3, 0.4) is 0 Å².